The molecule has 2 saturated carbocycles. The zero-order valence-electron chi connectivity index (χ0n) is 10.8. The fraction of sp³-hybridized carbons (Fsp3) is 0.533. The number of allylic oxidation sites excluding steroid dienone is 2. The van der Waals surface area contributed by atoms with Gasteiger partial charge in [0, 0.05) is 11.6 Å². The van der Waals surface area contributed by atoms with Crippen LogP contribution in [0.3, 0.4) is 0 Å². The Kier molecular flexibility index (Phi) is 2.65. The lowest BCUT2D eigenvalue weighted by molar-refractivity contribution is 0.0929. The van der Waals surface area contributed by atoms with Crippen molar-refractivity contribution in [2.45, 2.75) is 32.1 Å². The van der Waals surface area contributed by atoms with Crippen molar-refractivity contribution in [1.82, 2.24) is 10.9 Å². The van der Waals surface area contributed by atoms with Gasteiger partial charge in [-0.15, -0.1) is 11.3 Å². The van der Waals surface area contributed by atoms with E-state index in [1.54, 1.807) is 5.57 Å². The van der Waals surface area contributed by atoms with Crippen LogP contribution in [0.4, 0.5) is 0 Å². The van der Waals surface area contributed by atoms with Gasteiger partial charge >= 0.3 is 0 Å². The summed E-state index contributed by atoms with van der Waals surface area (Å²) < 4.78 is 0. The van der Waals surface area contributed by atoms with Crippen LogP contribution in [-0.4, -0.2) is 5.91 Å². The van der Waals surface area contributed by atoms with Crippen molar-refractivity contribution in [3.8, 4) is 0 Å². The summed E-state index contributed by atoms with van der Waals surface area (Å²) >= 11 is 1.48. The number of amides is 1. The second-order valence-corrected chi connectivity index (χ2v) is 7.07. The van der Waals surface area contributed by atoms with Crippen molar-refractivity contribution in [3.05, 3.63) is 33.7 Å². The van der Waals surface area contributed by atoms with Crippen molar-refractivity contribution in [2.24, 2.45) is 17.8 Å². The van der Waals surface area contributed by atoms with Gasteiger partial charge in [0.05, 0.1) is 4.88 Å². The zero-order chi connectivity index (χ0) is 12.8. The van der Waals surface area contributed by atoms with Gasteiger partial charge in [-0.25, -0.2) is 0 Å². The van der Waals surface area contributed by atoms with Gasteiger partial charge in [-0.3, -0.25) is 10.2 Å². The van der Waals surface area contributed by atoms with Crippen LogP contribution in [0.1, 0.15) is 41.8 Å². The summed E-state index contributed by atoms with van der Waals surface area (Å²) in [7, 11) is 0. The molecule has 4 heteroatoms. The van der Waals surface area contributed by atoms with E-state index in [0.29, 0.717) is 5.92 Å². The van der Waals surface area contributed by atoms with Gasteiger partial charge in [-0.2, -0.15) is 0 Å². The first-order valence-electron chi connectivity index (χ1n) is 7.11. The first-order valence-corrected chi connectivity index (χ1v) is 7.99. The molecule has 1 aromatic heterocycles. The maximum Gasteiger partial charge on any atom is 0.279 e. The molecule has 3 nitrogen and oxygen atoms in total. The summed E-state index contributed by atoms with van der Waals surface area (Å²) in [5.74, 6) is 2.50. The number of nitrogens with one attached hydrogen (secondary N) is 2. The number of carbonyl (C=O) groups is 1. The SMILES string of the molecule is O=C(NNC1=C2CC3CC(C2)CC1C3)c1cccs1. The smallest absolute Gasteiger partial charge is 0.279 e. The molecule has 4 bridgehead atoms. The lowest BCUT2D eigenvalue weighted by atomic mass is 9.60. The summed E-state index contributed by atoms with van der Waals surface area (Å²) in [4.78, 5) is 12.7. The van der Waals surface area contributed by atoms with E-state index >= 15 is 0 Å². The molecule has 2 atom stereocenters. The van der Waals surface area contributed by atoms with Crippen molar-refractivity contribution in [3.63, 3.8) is 0 Å². The third-order valence-electron chi connectivity index (χ3n) is 4.82. The molecule has 0 aromatic carbocycles. The molecule has 0 aliphatic heterocycles. The highest BCUT2D eigenvalue weighted by Crippen LogP contribution is 2.52. The largest absolute Gasteiger partial charge is 0.302 e. The summed E-state index contributed by atoms with van der Waals surface area (Å²) in [6.45, 7) is 0. The number of hydrazine groups is 1. The minimum Gasteiger partial charge on any atom is -0.302 e. The van der Waals surface area contributed by atoms with Crippen LogP contribution in [-0.2, 0) is 0 Å². The van der Waals surface area contributed by atoms with Crippen LogP contribution in [0, 0.1) is 17.8 Å². The molecule has 5 rings (SSSR count). The monoisotopic (exact) mass is 274 g/mol. The van der Waals surface area contributed by atoms with E-state index in [2.05, 4.69) is 10.9 Å². The number of carbonyl (C=O) groups excluding carboxylic acids is 1. The maximum absolute atomic E-state index is 12.0. The molecule has 2 fully saturated rings. The van der Waals surface area contributed by atoms with Gasteiger partial charge in [0.1, 0.15) is 0 Å². The second-order valence-electron chi connectivity index (χ2n) is 6.12. The molecule has 1 heterocycles. The molecule has 0 spiro atoms. The van der Waals surface area contributed by atoms with E-state index in [1.807, 2.05) is 17.5 Å². The number of rotatable bonds is 3. The average molecular weight is 274 g/mol. The van der Waals surface area contributed by atoms with Gasteiger partial charge in [0.15, 0.2) is 0 Å². The van der Waals surface area contributed by atoms with E-state index < -0.39 is 0 Å². The van der Waals surface area contributed by atoms with Gasteiger partial charge in [-0.05, 0) is 61.0 Å². The molecule has 1 aromatic rings. The first kappa shape index (κ1) is 11.5. The van der Waals surface area contributed by atoms with Crippen LogP contribution in [0.15, 0.2) is 28.8 Å². The van der Waals surface area contributed by atoms with E-state index in [4.69, 9.17) is 0 Å². The first-order chi connectivity index (χ1) is 9.29. The van der Waals surface area contributed by atoms with Crippen molar-refractivity contribution in [1.29, 1.82) is 0 Å². The summed E-state index contributed by atoms with van der Waals surface area (Å²) in [6.07, 6.45) is 6.58. The molecule has 19 heavy (non-hydrogen) atoms. The molecular formula is C15H18N2OS. The maximum atomic E-state index is 12.0. The van der Waals surface area contributed by atoms with Gasteiger partial charge in [0.25, 0.3) is 5.91 Å². The lowest BCUT2D eigenvalue weighted by Gasteiger charge is -2.47. The van der Waals surface area contributed by atoms with Crippen molar-refractivity contribution >= 4 is 17.2 Å². The van der Waals surface area contributed by atoms with Crippen LogP contribution in [0.25, 0.3) is 0 Å². The second kappa shape index (κ2) is 4.37. The molecular weight excluding hydrogens is 256 g/mol. The Hall–Kier alpha value is -1.29. The fourth-order valence-electron chi connectivity index (χ4n) is 4.21. The third kappa shape index (κ3) is 1.98. The van der Waals surface area contributed by atoms with Crippen LogP contribution in [0.5, 0.6) is 0 Å². The highest BCUT2D eigenvalue weighted by molar-refractivity contribution is 7.12. The van der Waals surface area contributed by atoms with Gasteiger partial charge in [-0.1, -0.05) is 6.07 Å². The van der Waals surface area contributed by atoms with E-state index in [1.165, 1.54) is 49.1 Å². The molecule has 1 amide bonds. The Bertz CT molecular complexity index is 518. The molecule has 4 aliphatic rings. The fourth-order valence-corrected chi connectivity index (χ4v) is 4.83. The van der Waals surface area contributed by atoms with Crippen LogP contribution < -0.4 is 10.9 Å². The minimum atomic E-state index is -0.0168. The predicted octanol–water partition coefficient (Wildman–Crippen LogP) is 3.08. The Morgan fingerprint density at radius 2 is 2.00 bits per heavy atom. The number of hydrogen-bond acceptors (Lipinski definition) is 3. The quantitative estimate of drug-likeness (QED) is 0.832. The normalized spacial score (nSPS) is 31.7. The van der Waals surface area contributed by atoms with E-state index in [0.717, 1.165) is 16.7 Å². The van der Waals surface area contributed by atoms with E-state index in [9.17, 15) is 4.79 Å². The number of thiophene rings is 1. The molecule has 100 valence electrons. The summed E-state index contributed by atoms with van der Waals surface area (Å²) in [5, 5.41) is 1.93. The van der Waals surface area contributed by atoms with E-state index in [-0.39, 0.29) is 5.91 Å². The van der Waals surface area contributed by atoms with Crippen LogP contribution >= 0.6 is 11.3 Å². The van der Waals surface area contributed by atoms with Gasteiger partial charge in [0.2, 0.25) is 0 Å². The molecule has 4 aliphatic carbocycles. The van der Waals surface area contributed by atoms with Crippen molar-refractivity contribution in [2.75, 3.05) is 0 Å². The van der Waals surface area contributed by atoms with Gasteiger partial charge < -0.3 is 5.43 Å². The topological polar surface area (TPSA) is 41.1 Å². The third-order valence-corrected chi connectivity index (χ3v) is 5.69. The molecule has 2 N–H and O–H groups in total. The zero-order valence-corrected chi connectivity index (χ0v) is 11.6. The highest BCUT2D eigenvalue weighted by atomic mass is 32.1. The lowest BCUT2D eigenvalue weighted by Crippen LogP contribution is -2.45. The Labute approximate surface area is 117 Å². The standard InChI is InChI=1S/C15H18N2OS/c18-15(13-2-1-3-19-13)17-16-14-11-5-9-4-10(7-11)8-12(14)6-9/h1-3,9-11,16H,4-8H2,(H,17,18). The molecule has 2 unspecified atom stereocenters. The summed E-state index contributed by atoms with van der Waals surface area (Å²) in [6, 6.07) is 3.76. The van der Waals surface area contributed by atoms with Crippen molar-refractivity contribution < 1.29 is 4.79 Å². The van der Waals surface area contributed by atoms with Crippen LogP contribution in [0.2, 0.25) is 0 Å². The Balaban J connectivity index is 1.47. The minimum absolute atomic E-state index is 0.0168. The highest BCUT2D eigenvalue weighted by Gasteiger charge is 2.41. The Morgan fingerprint density at radius 3 is 2.63 bits per heavy atom. The molecule has 0 saturated heterocycles. The predicted molar refractivity (Wildman–Crippen MR) is 75.5 cm³/mol. The Morgan fingerprint density at radius 1 is 1.21 bits per heavy atom. The average Bonchev–Trinajstić information content (AvgIpc) is 2.90. The summed E-state index contributed by atoms with van der Waals surface area (Å²) in [5.41, 5.74) is 9.03. The number of hydrogen-bond donors (Lipinski definition) is 2. The molecule has 0 radical (unpaired) electrons.